The van der Waals surface area contributed by atoms with E-state index < -0.39 is 0 Å². The second kappa shape index (κ2) is 4.93. The minimum atomic E-state index is -0.360. The monoisotopic (exact) mass is 264 g/mol. The summed E-state index contributed by atoms with van der Waals surface area (Å²) in [4.78, 5) is 11.1. The highest BCUT2D eigenvalue weighted by atomic mass is 16.6. The molecule has 4 bridgehead atoms. The summed E-state index contributed by atoms with van der Waals surface area (Å²) in [6.07, 6.45) is 8.96. The molecule has 19 heavy (non-hydrogen) atoms. The molecule has 1 unspecified atom stereocenters. The highest BCUT2D eigenvalue weighted by molar-refractivity contribution is 5.81. The quantitative estimate of drug-likeness (QED) is 0.565. The van der Waals surface area contributed by atoms with Gasteiger partial charge in [-0.1, -0.05) is 6.58 Å². The fourth-order valence-electron chi connectivity index (χ4n) is 4.78. The molecule has 0 aromatic carbocycles. The van der Waals surface area contributed by atoms with Gasteiger partial charge in [0.05, 0.1) is 12.2 Å². The normalized spacial score (nSPS) is 41.0. The number of carbonyl (C=O) groups is 1. The first-order chi connectivity index (χ1) is 9.08. The van der Waals surface area contributed by atoms with E-state index in [0.29, 0.717) is 6.61 Å². The Kier molecular flexibility index (Phi) is 3.42. The number of carbonyl (C=O) groups excluding carboxylic acids is 1. The molecule has 0 N–H and O–H groups in total. The van der Waals surface area contributed by atoms with Crippen LogP contribution in [0.5, 0.6) is 0 Å². The molecule has 4 fully saturated rings. The maximum Gasteiger partial charge on any atom is 0.330 e. The van der Waals surface area contributed by atoms with Gasteiger partial charge in [-0.2, -0.15) is 0 Å². The molecule has 0 spiro atoms. The Balaban J connectivity index is 1.55. The Hall–Kier alpha value is -0.830. The summed E-state index contributed by atoms with van der Waals surface area (Å²) >= 11 is 0. The van der Waals surface area contributed by atoms with Crippen LogP contribution >= 0.6 is 0 Å². The van der Waals surface area contributed by atoms with Crippen LogP contribution in [0.4, 0.5) is 0 Å². The number of hydrogen-bond donors (Lipinski definition) is 0. The van der Waals surface area contributed by atoms with E-state index >= 15 is 0 Å². The second-order valence-electron chi connectivity index (χ2n) is 6.86. The van der Waals surface area contributed by atoms with E-state index in [2.05, 4.69) is 6.58 Å². The van der Waals surface area contributed by atoms with E-state index in [0.717, 1.165) is 17.8 Å². The Labute approximate surface area is 115 Å². The van der Waals surface area contributed by atoms with Crippen molar-refractivity contribution < 1.29 is 14.3 Å². The van der Waals surface area contributed by atoms with E-state index in [9.17, 15) is 4.79 Å². The van der Waals surface area contributed by atoms with E-state index in [4.69, 9.17) is 9.47 Å². The van der Waals surface area contributed by atoms with Gasteiger partial charge in [0.1, 0.15) is 6.10 Å². The van der Waals surface area contributed by atoms with Gasteiger partial charge in [-0.25, -0.2) is 4.79 Å². The van der Waals surface area contributed by atoms with Crippen LogP contribution in [0.3, 0.4) is 0 Å². The number of hydrogen-bond acceptors (Lipinski definition) is 3. The van der Waals surface area contributed by atoms with Crippen molar-refractivity contribution in [2.24, 2.45) is 17.8 Å². The molecule has 106 valence electrons. The Morgan fingerprint density at radius 3 is 2.26 bits per heavy atom. The summed E-state index contributed by atoms with van der Waals surface area (Å²) in [5.74, 6) is 2.30. The zero-order valence-corrected chi connectivity index (χ0v) is 11.8. The molecule has 0 radical (unpaired) electrons. The van der Waals surface area contributed by atoms with Crippen LogP contribution in [0, 0.1) is 17.8 Å². The molecular weight excluding hydrogens is 240 g/mol. The molecule has 0 aliphatic heterocycles. The van der Waals surface area contributed by atoms with Crippen molar-refractivity contribution in [2.75, 3.05) is 6.61 Å². The van der Waals surface area contributed by atoms with Gasteiger partial charge in [0.15, 0.2) is 0 Å². The van der Waals surface area contributed by atoms with Crippen LogP contribution in [-0.2, 0) is 14.3 Å². The third-order valence-corrected chi connectivity index (χ3v) is 5.09. The number of esters is 1. The van der Waals surface area contributed by atoms with Gasteiger partial charge in [0, 0.05) is 6.08 Å². The first-order valence-corrected chi connectivity index (χ1v) is 7.55. The topological polar surface area (TPSA) is 35.5 Å². The Bertz CT molecular complexity index is 339. The summed E-state index contributed by atoms with van der Waals surface area (Å²) < 4.78 is 11.4. The van der Waals surface area contributed by atoms with Crippen molar-refractivity contribution >= 4 is 5.97 Å². The van der Waals surface area contributed by atoms with Gasteiger partial charge in [0.25, 0.3) is 0 Å². The van der Waals surface area contributed by atoms with Gasteiger partial charge >= 0.3 is 5.97 Å². The van der Waals surface area contributed by atoms with Crippen molar-refractivity contribution in [3.63, 3.8) is 0 Å². The van der Waals surface area contributed by atoms with Crippen LogP contribution < -0.4 is 0 Å². The van der Waals surface area contributed by atoms with Crippen LogP contribution in [0.15, 0.2) is 12.7 Å². The average molecular weight is 264 g/mol. The largest absolute Gasteiger partial charge is 0.457 e. The predicted molar refractivity (Wildman–Crippen MR) is 72.6 cm³/mol. The second-order valence-corrected chi connectivity index (χ2v) is 6.86. The Morgan fingerprint density at radius 2 is 1.79 bits per heavy atom. The summed E-state index contributed by atoms with van der Waals surface area (Å²) in [6.45, 7) is 5.82. The molecule has 0 amide bonds. The van der Waals surface area contributed by atoms with E-state index in [1.165, 1.54) is 44.6 Å². The van der Waals surface area contributed by atoms with Crippen LogP contribution in [0.2, 0.25) is 0 Å². The molecule has 1 atom stereocenters. The molecule has 4 aliphatic carbocycles. The maximum atomic E-state index is 11.1. The van der Waals surface area contributed by atoms with Crippen molar-refractivity contribution in [1.82, 2.24) is 0 Å². The minimum absolute atomic E-state index is 0.101. The first-order valence-electron chi connectivity index (χ1n) is 7.55. The summed E-state index contributed by atoms with van der Waals surface area (Å²) in [6, 6.07) is 0. The molecule has 4 rings (SSSR count). The standard InChI is InChI=1S/C16H24O3/c1-3-15(17)19-11(2)10-18-16-7-12-4-13(8-16)6-14(5-12)9-16/h3,11-14H,1,4-10H2,2H3. The summed E-state index contributed by atoms with van der Waals surface area (Å²) in [5, 5.41) is 0. The van der Waals surface area contributed by atoms with Crippen molar-refractivity contribution in [3.05, 3.63) is 12.7 Å². The van der Waals surface area contributed by atoms with Crippen molar-refractivity contribution in [2.45, 2.75) is 57.2 Å². The third-order valence-electron chi connectivity index (χ3n) is 5.09. The van der Waals surface area contributed by atoms with Gasteiger partial charge in [0.2, 0.25) is 0 Å². The molecule has 4 aliphatic rings. The SMILES string of the molecule is C=CC(=O)OC(C)COC12CC3CC(CC(C3)C1)C2. The Morgan fingerprint density at radius 1 is 1.26 bits per heavy atom. The molecule has 0 aromatic heterocycles. The number of rotatable bonds is 5. The first kappa shape index (κ1) is 13.2. The molecule has 3 heteroatoms. The summed E-state index contributed by atoms with van der Waals surface area (Å²) in [7, 11) is 0. The maximum absolute atomic E-state index is 11.1. The number of ether oxygens (including phenoxy) is 2. The lowest BCUT2D eigenvalue weighted by atomic mass is 9.54. The van der Waals surface area contributed by atoms with Crippen LogP contribution in [0.25, 0.3) is 0 Å². The van der Waals surface area contributed by atoms with E-state index in [1.807, 2.05) is 6.92 Å². The average Bonchev–Trinajstić information content (AvgIpc) is 2.35. The zero-order chi connectivity index (χ0) is 13.5. The van der Waals surface area contributed by atoms with Crippen LogP contribution in [0.1, 0.15) is 45.4 Å². The highest BCUT2D eigenvalue weighted by Gasteiger charge is 2.51. The van der Waals surface area contributed by atoms with Crippen LogP contribution in [-0.4, -0.2) is 24.3 Å². The molecule has 0 heterocycles. The smallest absolute Gasteiger partial charge is 0.330 e. The predicted octanol–water partition coefficient (Wildman–Crippen LogP) is 3.09. The fourth-order valence-corrected chi connectivity index (χ4v) is 4.78. The third kappa shape index (κ3) is 2.71. The molecule has 3 nitrogen and oxygen atoms in total. The zero-order valence-electron chi connectivity index (χ0n) is 11.8. The fraction of sp³-hybridized carbons (Fsp3) is 0.812. The van der Waals surface area contributed by atoms with E-state index in [1.54, 1.807) is 0 Å². The lowest BCUT2D eigenvalue weighted by Gasteiger charge is -2.56. The van der Waals surface area contributed by atoms with E-state index in [-0.39, 0.29) is 17.7 Å². The van der Waals surface area contributed by atoms with Gasteiger partial charge in [-0.15, -0.1) is 0 Å². The van der Waals surface area contributed by atoms with Gasteiger partial charge in [-0.3, -0.25) is 0 Å². The van der Waals surface area contributed by atoms with Gasteiger partial charge < -0.3 is 9.47 Å². The molecular formula is C16H24O3. The minimum Gasteiger partial charge on any atom is -0.457 e. The summed E-state index contributed by atoms with van der Waals surface area (Å²) in [5.41, 5.74) is 0.101. The highest BCUT2D eigenvalue weighted by Crippen LogP contribution is 2.57. The lowest BCUT2D eigenvalue weighted by molar-refractivity contribution is -0.181. The van der Waals surface area contributed by atoms with Crippen molar-refractivity contribution in [1.29, 1.82) is 0 Å². The van der Waals surface area contributed by atoms with Gasteiger partial charge in [-0.05, 0) is 63.2 Å². The molecule has 0 saturated heterocycles. The molecule has 4 saturated carbocycles. The van der Waals surface area contributed by atoms with Crippen molar-refractivity contribution in [3.8, 4) is 0 Å². The molecule has 0 aromatic rings. The lowest BCUT2D eigenvalue weighted by Crippen LogP contribution is -2.52.